The summed E-state index contributed by atoms with van der Waals surface area (Å²) in [5.41, 5.74) is 1.47. The van der Waals surface area contributed by atoms with Gasteiger partial charge in [-0.05, 0) is 44.6 Å². The van der Waals surface area contributed by atoms with E-state index in [-0.39, 0.29) is 6.10 Å². The molecule has 0 spiro atoms. The Morgan fingerprint density at radius 2 is 2.04 bits per heavy atom. The van der Waals surface area contributed by atoms with Crippen LogP contribution in [0, 0.1) is 11.3 Å². The number of hydrogen-bond acceptors (Lipinski definition) is 6. The molecule has 0 fully saturated rings. The van der Waals surface area contributed by atoms with Crippen molar-refractivity contribution >= 4 is 23.5 Å². The third-order valence-corrected chi connectivity index (χ3v) is 3.70. The summed E-state index contributed by atoms with van der Waals surface area (Å²) < 4.78 is 6.08. The zero-order valence-electron chi connectivity index (χ0n) is 15.1. The van der Waals surface area contributed by atoms with Gasteiger partial charge in [-0.15, -0.1) is 0 Å². The molecule has 0 amide bonds. The Morgan fingerprint density at radius 1 is 1.32 bits per heavy atom. The molecule has 0 bridgehead atoms. The van der Waals surface area contributed by atoms with Crippen LogP contribution in [0.2, 0.25) is 5.02 Å². The summed E-state index contributed by atoms with van der Waals surface area (Å²) in [6, 6.07) is 11.0. The van der Waals surface area contributed by atoms with Crippen LogP contribution < -0.4 is 10.1 Å². The van der Waals surface area contributed by atoms with Crippen molar-refractivity contribution in [2.24, 2.45) is 0 Å². The first-order chi connectivity index (χ1) is 13.4. The third kappa shape index (κ3) is 8.03. The minimum absolute atomic E-state index is 0.160. The molecule has 1 aromatic heterocycles. The second kappa shape index (κ2) is 12.3. The van der Waals surface area contributed by atoms with E-state index in [2.05, 4.69) is 16.4 Å². The van der Waals surface area contributed by atoms with Crippen molar-refractivity contribution in [3.05, 3.63) is 58.9 Å². The number of halogens is 1. The minimum Gasteiger partial charge on any atom is -0.484 e. The number of nitrogens with one attached hydrogen (secondary N) is 1. The number of rotatable bonds is 7. The standard InChI is InChI=1S/C17H18ClN3O.C2H2O4/c1-20-8-3-5-16(14-4-2-9-21-12-14)22-17-10-15(18)7-6-13(17)11-19;3-1(4)2(5)6/h2,4,6-7,9-10,12,16,20H,3,5,8H2,1H3;(H,3,4)(H,5,6). The first kappa shape index (κ1) is 22.9. The molecule has 1 heterocycles. The fraction of sp³-hybridized carbons (Fsp3) is 0.263. The molecule has 148 valence electrons. The second-order valence-electron chi connectivity index (χ2n) is 5.50. The van der Waals surface area contributed by atoms with Gasteiger partial charge in [-0.3, -0.25) is 4.98 Å². The molecule has 1 aromatic carbocycles. The summed E-state index contributed by atoms with van der Waals surface area (Å²) >= 11 is 6.02. The van der Waals surface area contributed by atoms with Crippen molar-refractivity contribution in [3.63, 3.8) is 0 Å². The highest BCUT2D eigenvalue weighted by molar-refractivity contribution is 6.30. The SMILES string of the molecule is CNCCCC(Oc1cc(Cl)ccc1C#N)c1cccnc1.O=C(O)C(=O)O. The predicted octanol–water partition coefficient (Wildman–Crippen LogP) is 2.88. The molecule has 3 N–H and O–H groups in total. The van der Waals surface area contributed by atoms with E-state index >= 15 is 0 Å². The lowest BCUT2D eigenvalue weighted by Gasteiger charge is -2.20. The van der Waals surface area contributed by atoms with Gasteiger partial charge in [0, 0.05) is 29.0 Å². The molecule has 0 aliphatic heterocycles. The highest BCUT2D eigenvalue weighted by Crippen LogP contribution is 2.30. The van der Waals surface area contributed by atoms with E-state index in [0.717, 1.165) is 24.9 Å². The molecule has 0 radical (unpaired) electrons. The highest BCUT2D eigenvalue weighted by atomic mass is 35.5. The Balaban J connectivity index is 0.000000568. The number of benzene rings is 1. The van der Waals surface area contributed by atoms with Gasteiger partial charge in [-0.1, -0.05) is 17.7 Å². The van der Waals surface area contributed by atoms with Gasteiger partial charge in [0.25, 0.3) is 0 Å². The van der Waals surface area contributed by atoms with Crippen LogP contribution in [0.1, 0.15) is 30.1 Å². The van der Waals surface area contributed by atoms with Gasteiger partial charge < -0.3 is 20.3 Å². The van der Waals surface area contributed by atoms with E-state index in [1.54, 1.807) is 30.6 Å². The average molecular weight is 406 g/mol. The monoisotopic (exact) mass is 405 g/mol. The molecule has 0 saturated carbocycles. The molecule has 0 aliphatic carbocycles. The number of aromatic nitrogens is 1. The van der Waals surface area contributed by atoms with E-state index in [9.17, 15) is 5.26 Å². The van der Waals surface area contributed by atoms with Crippen molar-refractivity contribution < 1.29 is 24.5 Å². The van der Waals surface area contributed by atoms with Crippen LogP contribution in [0.25, 0.3) is 0 Å². The minimum atomic E-state index is -1.82. The Morgan fingerprint density at radius 3 is 2.57 bits per heavy atom. The Hall–Kier alpha value is -3.15. The number of pyridine rings is 1. The molecule has 28 heavy (non-hydrogen) atoms. The van der Waals surface area contributed by atoms with Crippen LogP contribution in [0.4, 0.5) is 0 Å². The van der Waals surface area contributed by atoms with Gasteiger partial charge in [-0.25, -0.2) is 9.59 Å². The summed E-state index contributed by atoms with van der Waals surface area (Å²) in [5, 5.41) is 27.7. The Kier molecular flexibility index (Phi) is 10.0. The van der Waals surface area contributed by atoms with Crippen molar-refractivity contribution in [1.29, 1.82) is 5.26 Å². The molecule has 2 rings (SSSR count). The van der Waals surface area contributed by atoms with Gasteiger partial charge in [0.1, 0.15) is 17.9 Å². The first-order valence-electron chi connectivity index (χ1n) is 8.26. The normalized spacial score (nSPS) is 10.8. The lowest BCUT2D eigenvalue weighted by atomic mass is 10.1. The predicted molar refractivity (Wildman–Crippen MR) is 102 cm³/mol. The van der Waals surface area contributed by atoms with Gasteiger partial charge in [0.15, 0.2) is 0 Å². The zero-order chi connectivity index (χ0) is 20.9. The van der Waals surface area contributed by atoms with E-state index in [1.165, 1.54) is 0 Å². The second-order valence-corrected chi connectivity index (χ2v) is 5.94. The van der Waals surface area contributed by atoms with Crippen LogP contribution in [-0.4, -0.2) is 40.7 Å². The number of nitriles is 1. The highest BCUT2D eigenvalue weighted by Gasteiger charge is 2.16. The summed E-state index contributed by atoms with van der Waals surface area (Å²) in [6.07, 6.45) is 5.14. The van der Waals surface area contributed by atoms with Crippen LogP contribution >= 0.6 is 11.6 Å². The summed E-state index contributed by atoms with van der Waals surface area (Å²) in [5.74, 6) is -3.14. The summed E-state index contributed by atoms with van der Waals surface area (Å²) in [4.78, 5) is 22.3. The largest absolute Gasteiger partial charge is 0.484 e. The van der Waals surface area contributed by atoms with Crippen LogP contribution in [0.5, 0.6) is 5.75 Å². The average Bonchev–Trinajstić information content (AvgIpc) is 2.68. The number of hydrogen-bond donors (Lipinski definition) is 3. The molecule has 8 nitrogen and oxygen atoms in total. The van der Waals surface area contributed by atoms with Gasteiger partial charge >= 0.3 is 11.9 Å². The third-order valence-electron chi connectivity index (χ3n) is 3.47. The van der Waals surface area contributed by atoms with Crippen molar-refractivity contribution in [1.82, 2.24) is 10.3 Å². The maximum atomic E-state index is 9.21. The smallest absolute Gasteiger partial charge is 0.414 e. The number of ether oxygens (including phenoxy) is 1. The molecule has 9 heteroatoms. The Labute approximate surface area is 167 Å². The number of carbonyl (C=O) groups is 2. The summed E-state index contributed by atoms with van der Waals surface area (Å²) in [6.45, 7) is 0.904. The quantitative estimate of drug-likeness (QED) is 0.473. The van der Waals surface area contributed by atoms with Crippen molar-refractivity contribution in [2.45, 2.75) is 18.9 Å². The van der Waals surface area contributed by atoms with Crippen molar-refractivity contribution in [2.75, 3.05) is 13.6 Å². The molecule has 2 aromatic rings. The van der Waals surface area contributed by atoms with Gasteiger partial charge in [0.05, 0.1) is 5.56 Å². The molecular formula is C19H20ClN3O5. The number of carboxylic acid groups (broad SMARTS) is 2. The zero-order valence-corrected chi connectivity index (χ0v) is 15.9. The maximum absolute atomic E-state index is 9.21. The maximum Gasteiger partial charge on any atom is 0.414 e. The van der Waals surface area contributed by atoms with Crippen LogP contribution in [-0.2, 0) is 9.59 Å². The molecule has 1 atom stereocenters. The van der Waals surface area contributed by atoms with E-state index in [1.807, 2.05) is 19.2 Å². The van der Waals surface area contributed by atoms with Crippen LogP contribution in [0.3, 0.4) is 0 Å². The lowest BCUT2D eigenvalue weighted by molar-refractivity contribution is -0.159. The fourth-order valence-corrected chi connectivity index (χ4v) is 2.33. The molecule has 1 unspecified atom stereocenters. The number of nitrogens with zero attached hydrogens (tertiary/aromatic N) is 2. The van der Waals surface area contributed by atoms with Gasteiger partial charge in [-0.2, -0.15) is 5.26 Å². The molecular weight excluding hydrogens is 386 g/mol. The molecule has 0 saturated heterocycles. The van der Waals surface area contributed by atoms with E-state index in [4.69, 9.17) is 36.1 Å². The fourth-order valence-electron chi connectivity index (χ4n) is 2.16. The van der Waals surface area contributed by atoms with E-state index < -0.39 is 11.9 Å². The van der Waals surface area contributed by atoms with Crippen LogP contribution in [0.15, 0.2) is 42.7 Å². The summed E-state index contributed by atoms with van der Waals surface area (Å²) in [7, 11) is 1.92. The van der Waals surface area contributed by atoms with Crippen molar-refractivity contribution in [3.8, 4) is 11.8 Å². The first-order valence-corrected chi connectivity index (χ1v) is 8.63. The number of carboxylic acids is 2. The Bertz CT molecular complexity index is 812. The topological polar surface area (TPSA) is 133 Å². The lowest BCUT2D eigenvalue weighted by Crippen LogP contribution is -2.13. The number of aliphatic carboxylic acids is 2. The molecule has 0 aliphatic rings. The van der Waals surface area contributed by atoms with E-state index in [0.29, 0.717) is 16.3 Å². The van der Waals surface area contributed by atoms with Gasteiger partial charge in [0.2, 0.25) is 0 Å².